The highest BCUT2D eigenvalue weighted by atomic mass is 32.1. The average molecular weight is 444 g/mol. The molecular weight excluding hydrogens is 428 g/mol. The van der Waals surface area contributed by atoms with E-state index in [-0.39, 0.29) is 11.6 Å². The summed E-state index contributed by atoms with van der Waals surface area (Å²) in [5.41, 5.74) is 3.15. The minimum absolute atomic E-state index is 0.0467. The second-order valence-corrected chi connectivity index (χ2v) is 7.84. The molecule has 0 spiro atoms. The molecule has 2 N–H and O–H groups in total. The van der Waals surface area contributed by atoms with Gasteiger partial charge < -0.3 is 10.4 Å². The van der Waals surface area contributed by atoms with Crippen LogP contribution in [0.3, 0.4) is 0 Å². The summed E-state index contributed by atoms with van der Waals surface area (Å²) in [6.45, 7) is 0. The number of anilines is 1. The molecule has 5 rings (SSSR count). The molecule has 9 nitrogen and oxygen atoms in total. The number of carboxylic acids is 1. The molecule has 0 atom stereocenters. The number of benzene rings is 2. The molecule has 10 heteroatoms. The van der Waals surface area contributed by atoms with Gasteiger partial charge in [0, 0.05) is 35.3 Å². The molecule has 5 aromatic rings. The molecule has 158 valence electrons. The normalized spacial score (nSPS) is 11.0. The molecule has 0 aliphatic carbocycles. The summed E-state index contributed by atoms with van der Waals surface area (Å²) >= 11 is 1.18. The van der Waals surface area contributed by atoms with Crippen LogP contribution in [0.2, 0.25) is 0 Å². The van der Waals surface area contributed by atoms with Crippen molar-refractivity contribution in [1.29, 1.82) is 0 Å². The van der Waals surface area contributed by atoms with Crippen molar-refractivity contribution in [3.05, 3.63) is 77.6 Å². The fraction of sp³-hybridized carbons (Fsp3) is 0.0455. The monoisotopic (exact) mass is 444 g/mol. The molecule has 3 heterocycles. The van der Waals surface area contributed by atoms with E-state index < -0.39 is 5.97 Å². The lowest BCUT2D eigenvalue weighted by molar-refractivity contribution is 0.0691. The Hall–Kier alpha value is -4.31. The number of carbonyl (C=O) groups is 2. The Morgan fingerprint density at radius 3 is 2.53 bits per heavy atom. The second-order valence-electron chi connectivity index (χ2n) is 7.01. The number of hydrogen-bond acceptors (Lipinski definition) is 6. The van der Waals surface area contributed by atoms with Crippen molar-refractivity contribution in [3.63, 3.8) is 0 Å². The van der Waals surface area contributed by atoms with E-state index in [4.69, 9.17) is 5.10 Å². The summed E-state index contributed by atoms with van der Waals surface area (Å²) in [5.74, 6) is -1.43. The number of nitrogens with one attached hydrogen (secondary N) is 1. The summed E-state index contributed by atoms with van der Waals surface area (Å²) in [5, 5.41) is 23.7. The van der Waals surface area contributed by atoms with Gasteiger partial charge >= 0.3 is 5.97 Å². The van der Waals surface area contributed by atoms with Crippen molar-refractivity contribution < 1.29 is 14.7 Å². The maximum atomic E-state index is 12.5. The average Bonchev–Trinajstić information content (AvgIpc) is 3.52. The van der Waals surface area contributed by atoms with E-state index in [1.165, 1.54) is 16.7 Å². The van der Waals surface area contributed by atoms with Gasteiger partial charge in [0.05, 0.1) is 5.52 Å². The molecular formula is C22H16N6O3S. The number of carbonyl (C=O) groups excluding carboxylic acids is 1. The SMILES string of the molecule is Cn1ccc(C(=O)Nc2ccc3c(-c4ccccc4)nn(-c4nc(C(=O)O)cs4)c3c2)n1. The molecule has 0 unspecified atom stereocenters. The molecule has 0 bridgehead atoms. The van der Waals surface area contributed by atoms with E-state index in [0.717, 1.165) is 16.6 Å². The number of amides is 1. The Balaban J connectivity index is 1.62. The highest BCUT2D eigenvalue weighted by molar-refractivity contribution is 7.12. The summed E-state index contributed by atoms with van der Waals surface area (Å²) in [6.07, 6.45) is 1.70. The van der Waals surface area contributed by atoms with Crippen molar-refractivity contribution in [2.24, 2.45) is 7.05 Å². The van der Waals surface area contributed by atoms with Gasteiger partial charge in [-0.15, -0.1) is 11.3 Å². The molecule has 2 aromatic carbocycles. The smallest absolute Gasteiger partial charge is 0.355 e. The van der Waals surface area contributed by atoms with Crippen LogP contribution in [0.4, 0.5) is 5.69 Å². The van der Waals surface area contributed by atoms with Crippen LogP contribution < -0.4 is 5.32 Å². The number of nitrogens with zero attached hydrogens (tertiary/aromatic N) is 5. The number of carboxylic acid groups (broad SMARTS) is 1. The Morgan fingerprint density at radius 1 is 1.03 bits per heavy atom. The quantitative estimate of drug-likeness (QED) is 0.426. The molecule has 0 saturated heterocycles. The maximum Gasteiger partial charge on any atom is 0.355 e. The van der Waals surface area contributed by atoms with Crippen molar-refractivity contribution in [2.45, 2.75) is 0 Å². The minimum atomic E-state index is -1.10. The number of hydrogen-bond donors (Lipinski definition) is 2. The zero-order chi connectivity index (χ0) is 22.2. The number of thiazole rings is 1. The van der Waals surface area contributed by atoms with Crippen LogP contribution >= 0.6 is 11.3 Å². The molecule has 0 aliphatic rings. The van der Waals surface area contributed by atoms with Crippen molar-refractivity contribution in [1.82, 2.24) is 24.5 Å². The van der Waals surface area contributed by atoms with Gasteiger partial charge in [-0.3, -0.25) is 9.48 Å². The molecule has 0 fully saturated rings. The first-order chi connectivity index (χ1) is 15.5. The van der Waals surface area contributed by atoms with Crippen molar-refractivity contribution in [2.75, 3.05) is 5.32 Å². The van der Waals surface area contributed by atoms with E-state index >= 15 is 0 Å². The first-order valence-corrected chi connectivity index (χ1v) is 10.5. The fourth-order valence-electron chi connectivity index (χ4n) is 3.34. The first-order valence-electron chi connectivity index (χ1n) is 9.58. The third-order valence-electron chi connectivity index (χ3n) is 4.82. The van der Waals surface area contributed by atoms with Gasteiger partial charge in [-0.05, 0) is 24.3 Å². The zero-order valence-electron chi connectivity index (χ0n) is 16.8. The number of rotatable bonds is 5. The molecule has 1 amide bonds. The van der Waals surface area contributed by atoms with Gasteiger partial charge in [-0.25, -0.2) is 14.5 Å². The van der Waals surface area contributed by atoms with Crippen LogP contribution in [-0.2, 0) is 7.05 Å². The van der Waals surface area contributed by atoms with E-state index in [1.54, 1.807) is 40.8 Å². The van der Waals surface area contributed by atoms with Gasteiger partial charge in [-0.1, -0.05) is 30.3 Å². The number of aromatic nitrogens is 5. The van der Waals surface area contributed by atoms with Gasteiger partial charge in [0.25, 0.3) is 5.91 Å². The van der Waals surface area contributed by atoms with E-state index in [9.17, 15) is 14.7 Å². The van der Waals surface area contributed by atoms with Crippen LogP contribution in [0, 0.1) is 0 Å². The Labute approximate surface area is 185 Å². The third-order valence-corrected chi connectivity index (χ3v) is 5.64. The second kappa shape index (κ2) is 7.75. The Bertz CT molecular complexity index is 1470. The van der Waals surface area contributed by atoms with Crippen LogP contribution in [0.15, 0.2) is 66.2 Å². The van der Waals surface area contributed by atoms with E-state index in [0.29, 0.717) is 22.0 Å². The van der Waals surface area contributed by atoms with Crippen molar-refractivity contribution >= 4 is 39.8 Å². The van der Waals surface area contributed by atoms with Gasteiger partial charge in [0.2, 0.25) is 5.13 Å². The molecule has 3 aromatic heterocycles. The first kappa shape index (κ1) is 19.6. The van der Waals surface area contributed by atoms with Gasteiger partial charge in [0.15, 0.2) is 11.4 Å². The van der Waals surface area contributed by atoms with Crippen molar-refractivity contribution in [3.8, 4) is 16.4 Å². The Morgan fingerprint density at radius 2 is 1.84 bits per heavy atom. The lowest BCUT2D eigenvalue weighted by atomic mass is 10.1. The van der Waals surface area contributed by atoms with Crippen LogP contribution in [0.1, 0.15) is 21.0 Å². The minimum Gasteiger partial charge on any atom is -0.476 e. The van der Waals surface area contributed by atoms with Crippen LogP contribution in [0.25, 0.3) is 27.3 Å². The number of fused-ring (bicyclic) bond motifs is 1. The molecule has 0 saturated carbocycles. The standard InChI is InChI=1S/C22H16N6O3S/c1-27-10-9-16(25-27)20(29)23-14-7-8-15-18(11-14)28(22-24-17(12-32-22)21(30)31)26-19(15)13-5-3-2-4-6-13/h2-12H,1H3,(H,23,29)(H,30,31). The summed E-state index contributed by atoms with van der Waals surface area (Å²) in [4.78, 5) is 28.0. The third kappa shape index (κ3) is 3.52. The predicted molar refractivity (Wildman–Crippen MR) is 120 cm³/mol. The van der Waals surface area contributed by atoms with Gasteiger partial charge in [-0.2, -0.15) is 10.2 Å². The molecule has 32 heavy (non-hydrogen) atoms. The molecule has 0 aliphatic heterocycles. The maximum absolute atomic E-state index is 12.5. The summed E-state index contributed by atoms with van der Waals surface area (Å²) in [6, 6.07) is 16.8. The van der Waals surface area contributed by atoms with Crippen LogP contribution in [-0.4, -0.2) is 41.5 Å². The van der Waals surface area contributed by atoms with E-state index in [1.807, 2.05) is 36.4 Å². The molecule has 0 radical (unpaired) electrons. The lowest BCUT2D eigenvalue weighted by Gasteiger charge is -2.05. The van der Waals surface area contributed by atoms with E-state index in [2.05, 4.69) is 15.4 Å². The van der Waals surface area contributed by atoms with Crippen LogP contribution in [0.5, 0.6) is 0 Å². The number of aromatic carboxylic acids is 1. The zero-order valence-corrected chi connectivity index (χ0v) is 17.6. The number of aryl methyl sites for hydroxylation is 1. The van der Waals surface area contributed by atoms with Gasteiger partial charge in [0.1, 0.15) is 5.69 Å². The lowest BCUT2D eigenvalue weighted by Crippen LogP contribution is -2.13. The highest BCUT2D eigenvalue weighted by Gasteiger charge is 2.18. The summed E-state index contributed by atoms with van der Waals surface area (Å²) < 4.78 is 3.16. The summed E-state index contributed by atoms with van der Waals surface area (Å²) in [7, 11) is 1.74. The fourth-order valence-corrected chi connectivity index (χ4v) is 4.10. The highest BCUT2D eigenvalue weighted by Crippen LogP contribution is 2.32. The Kier molecular flexibility index (Phi) is 4.75. The largest absolute Gasteiger partial charge is 0.476 e. The topological polar surface area (TPSA) is 115 Å². The predicted octanol–water partition coefficient (Wildman–Crippen LogP) is 3.83.